The molecular weight excluding hydrogens is 437 g/mol. The molecular formula is C26H26FN3O4. The summed E-state index contributed by atoms with van der Waals surface area (Å²) in [5, 5.41) is 5.85. The highest BCUT2D eigenvalue weighted by atomic mass is 19.1. The number of halogens is 1. The molecule has 0 saturated carbocycles. The standard InChI is InChI=1S/C26H26FN3O4/c27-22-12-16(4-5-17(22)14-30-10-2-1-3-11-30)25(32)28-18-6-8-23-20(13-18)21(15-34-23)19-7-9-24(31)29-26(19)33/h4-6,8,12-13,15,19H,1-3,7,9-11,14H2,(H,28,32)(H,29,31,33). The quantitative estimate of drug-likeness (QED) is 0.550. The van der Waals surface area contributed by atoms with Crippen LogP contribution in [-0.2, 0) is 16.1 Å². The number of hydrogen-bond acceptors (Lipinski definition) is 5. The fourth-order valence-electron chi connectivity index (χ4n) is 4.77. The molecule has 3 aromatic rings. The summed E-state index contributed by atoms with van der Waals surface area (Å²) in [6.07, 6.45) is 5.67. The Bertz CT molecular complexity index is 1260. The average Bonchev–Trinajstić information content (AvgIpc) is 3.24. The number of piperidine rings is 2. The first kappa shape index (κ1) is 22.3. The molecule has 0 spiro atoms. The van der Waals surface area contributed by atoms with E-state index in [1.54, 1.807) is 30.3 Å². The van der Waals surface area contributed by atoms with Gasteiger partial charge in [-0.25, -0.2) is 4.39 Å². The molecule has 0 bridgehead atoms. The van der Waals surface area contributed by atoms with Gasteiger partial charge in [-0.1, -0.05) is 12.5 Å². The summed E-state index contributed by atoms with van der Waals surface area (Å²) in [5.74, 6) is -1.94. The predicted molar refractivity (Wildman–Crippen MR) is 125 cm³/mol. The Morgan fingerprint density at radius 1 is 1.12 bits per heavy atom. The number of likely N-dealkylation sites (tertiary alicyclic amines) is 1. The van der Waals surface area contributed by atoms with Crippen LogP contribution in [0.3, 0.4) is 0 Å². The third-order valence-corrected chi connectivity index (χ3v) is 6.63. The van der Waals surface area contributed by atoms with Crippen molar-refractivity contribution in [3.63, 3.8) is 0 Å². The highest BCUT2D eigenvalue weighted by molar-refractivity contribution is 6.06. The average molecular weight is 464 g/mol. The minimum Gasteiger partial charge on any atom is -0.464 e. The number of amides is 3. The monoisotopic (exact) mass is 463 g/mol. The second-order valence-corrected chi connectivity index (χ2v) is 9.00. The zero-order valence-corrected chi connectivity index (χ0v) is 18.7. The molecule has 2 aliphatic heterocycles. The van der Waals surface area contributed by atoms with Crippen molar-refractivity contribution in [3.05, 3.63) is 65.2 Å². The van der Waals surface area contributed by atoms with Crippen LogP contribution >= 0.6 is 0 Å². The number of fused-ring (bicyclic) bond motifs is 1. The Morgan fingerprint density at radius 3 is 2.71 bits per heavy atom. The Balaban J connectivity index is 1.32. The molecule has 176 valence electrons. The first-order valence-electron chi connectivity index (χ1n) is 11.6. The smallest absolute Gasteiger partial charge is 0.255 e. The van der Waals surface area contributed by atoms with E-state index in [2.05, 4.69) is 15.5 Å². The Kier molecular flexibility index (Phi) is 6.15. The summed E-state index contributed by atoms with van der Waals surface area (Å²) in [4.78, 5) is 38.8. The molecule has 1 atom stereocenters. The van der Waals surface area contributed by atoms with Gasteiger partial charge in [-0.3, -0.25) is 24.6 Å². The third-order valence-electron chi connectivity index (χ3n) is 6.63. The number of anilines is 1. The van der Waals surface area contributed by atoms with Gasteiger partial charge in [-0.05, 0) is 62.7 Å². The van der Waals surface area contributed by atoms with Gasteiger partial charge in [0.25, 0.3) is 5.91 Å². The lowest BCUT2D eigenvalue weighted by atomic mass is 9.90. The number of imide groups is 1. The van der Waals surface area contributed by atoms with Crippen LogP contribution in [0, 0.1) is 5.82 Å². The van der Waals surface area contributed by atoms with E-state index in [9.17, 15) is 18.8 Å². The molecule has 8 heteroatoms. The number of rotatable bonds is 5. The maximum atomic E-state index is 14.7. The number of hydrogen-bond donors (Lipinski definition) is 2. The molecule has 34 heavy (non-hydrogen) atoms. The molecule has 2 aromatic carbocycles. The molecule has 1 aromatic heterocycles. The molecule has 0 aliphatic carbocycles. The minimum atomic E-state index is -0.494. The van der Waals surface area contributed by atoms with Gasteiger partial charge in [0, 0.05) is 40.7 Å². The molecule has 2 fully saturated rings. The molecule has 7 nitrogen and oxygen atoms in total. The molecule has 5 rings (SSSR count). The normalized spacial score (nSPS) is 19.3. The van der Waals surface area contributed by atoms with Crippen molar-refractivity contribution < 1.29 is 23.2 Å². The molecule has 2 saturated heterocycles. The Labute approximate surface area is 196 Å². The maximum Gasteiger partial charge on any atom is 0.255 e. The zero-order chi connectivity index (χ0) is 23.7. The highest BCUT2D eigenvalue weighted by Gasteiger charge is 2.30. The van der Waals surface area contributed by atoms with Gasteiger partial charge in [-0.2, -0.15) is 0 Å². The van der Waals surface area contributed by atoms with Crippen LogP contribution in [0.5, 0.6) is 0 Å². The van der Waals surface area contributed by atoms with Crippen LogP contribution in [0.25, 0.3) is 11.0 Å². The van der Waals surface area contributed by atoms with Gasteiger partial charge in [0.1, 0.15) is 11.4 Å². The summed E-state index contributed by atoms with van der Waals surface area (Å²) < 4.78 is 20.3. The number of nitrogens with one attached hydrogen (secondary N) is 2. The second-order valence-electron chi connectivity index (χ2n) is 9.00. The van der Waals surface area contributed by atoms with Crippen LogP contribution in [-0.4, -0.2) is 35.7 Å². The van der Waals surface area contributed by atoms with E-state index in [1.807, 2.05) is 0 Å². The SMILES string of the molecule is O=C1CCC(c2coc3ccc(NC(=O)c4ccc(CN5CCCCC5)c(F)c4)cc23)C(=O)N1. The van der Waals surface area contributed by atoms with E-state index in [0.29, 0.717) is 40.7 Å². The van der Waals surface area contributed by atoms with E-state index in [-0.39, 0.29) is 29.6 Å². The summed E-state index contributed by atoms with van der Waals surface area (Å²) in [6, 6.07) is 9.74. The van der Waals surface area contributed by atoms with Crippen LogP contribution < -0.4 is 10.6 Å². The van der Waals surface area contributed by atoms with Crippen LogP contribution in [0.15, 0.2) is 47.1 Å². The van der Waals surface area contributed by atoms with E-state index in [4.69, 9.17) is 4.42 Å². The first-order valence-corrected chi connectivity index (χ1v) is 11.6. The van der Waals surface area contributed by atoms with Crippen molar-refractivity contribution in [2.45, 2.75) is 44.6 Å². The van der Waals surface area contributed by atoms with Crippen molar-refractivity contribution in [2.75, 3.05) is 18.4 Å². The van der Waals surface area contributed by atoms with Gasteiger partial charge in [-0.15, -0.1) is 0 Å². The van der Waals surface area contributed by atoms with Crippen LogP contribution in [0.2, 0.25) is 0 Å². The number of nitrogens with zero attached hydrogens (tertiary/aromatic N) is 1. The van der Waals surface area contributed by atoms with Gasteiger partial charge in [0.2, 0.25) is 11.8 Å². The van der Waals surface area contributed by atoms with Crippen LogP contribution in [0.1, 0.15) is 59.5 Å². The molecule has 2 N–H and O–H groups in total. The highest BCUT2D eigenvalue weighted by Crippen LogP contribution is 2.34. The van der Waals surface area contributed by atoms with Gasteiger partial charge in [0.15, 0.2) is 0 Å². The summed E-state index contributed by atoms with van der Waals surface area (Å²) in [7, 11) is 0. The van der Waals surface area contributed by atoms with Gasteiger partial charge < -0.3 is 9.73 Å². The van der Waals surface area contributed by atoms with Crippen molar-refractivity contribution in [2.24, 2.45) is 0 Å². The van der Waals surface area contributed by atoms with Gasteiger partial charge in [0.05, 0.1) is 12.2 Å². The van der Waals surface area contributed by atoms with Crippen molar-refractivity contribution in [1.29, 1.82) is 0 Å². The van der Waals surface area contributed by atoms with Gasteiger partial charge >= 0.3 is 0 Å². The third kappa shape index (κ3) is 4.59. The van der Waals surface area contributed by atoms with Crippen molar-refractivity contribution in [1.82, 2.24) is 10.2 Å². The second kappa shape index (κ2) is 9.38. The Morgan fingerprint density at radius 2 is 1.94 bits per heavy atom. The Hall–Kier alpha value is -3.52. The van der Waals surface area contributed by atoms with Crippen molar-refractivity contribution >= 4 is 34.4 Å². The first-order chi connectivity index (χ1) is 16.5. The predicted octanol–water partition coefficient (Wildman–Crippen LogP) is 4.33. The molecule has 3 heterocycles. The molecule has 3 amide bonds. The maximum absolute atomic E-state index is 14.7. The number of carbonyl (C=O) groups is 3. The minimum absolute atomic E-state index is 0.234. The van der Waals surface area contributed by atoms with Crippen molar-refractivity contribution in [3.8, 4) is 0 Å². The lowest BCUT2D eigenvalue weighted by Gasteiger charge is -2.26. The topological polar surface area (TPSA) is 91.7 Å². The zero-order valence-electron chi connectivity index (χ0n) is 18.7. The van der Waals surface area contributed by atoms with E-state index in [1.165, 1.54) is 18.8 Å². The fraction of sp³-hybridized carbons (Fsp3) is 0.346. The number of furan rings is 1. The molecule has 2 aliphatic rings. The number of benzene rings is 2. The van der Waals surface area contributed by atoms with Crippen LogP contribution in [0.4, 0.5) is 10.1 Å². The summed E-state index contributed by atoms with van der Waals surface area (Å²) >= 11 is 0. The fourth-order valence-corrected chi connectivity index (χ4v) is 4.77. The summed E-state index contributed by atoms with van der Waals surface area (Å²) in [6.45, 7) is 2.49. The lowest BCUT2D eigenvalue weighted by Crippen LogP contribution is -2.39. The lowest BCUT2D eigenvalue weighted by molar-refractivity contribution is -0.134. The largest absolute Gasteiger partial charge is 0.464 e. The van der Waals surface area contributed by atoms with E-state index >= 15 is 0 Å². The van der Waals surface area contributed by atoms with E-state index in [0.717, 1.165) is 25.9 Å². The molecule has 1 unspecified atom stereocenters. The van der Waals surface area contributed by atoms with E-state index < -0.39 is 11.8 Å². The molecule has 0 radical (unpaired) electrons. The summed E-state index contributed by atoms with van der Waals surface area (Å²) in [5.41, 5.74) is 2.57. The number of carbonyl (C=O) groups excluding carboxylic acids is 3.